The van der Waals surface area contributed by atoms with Crippen LogP contribution < -0.4 is 5.32 Å². The molecule has 0 saturated carbocycles. The summed E-state index contributed by atoms with van der Waals surface area (Å²) in [5, 5.41) is 3.46. The number of rotatable bonds is 12. The molecule has 0 saturated heterocycles. The summed E-state index contributed by atoms with van der Waals surface area (Å²) in [6.07, 6.45) is 8.84. The second kappa shape index (κ2) is 11.0. The lowest BCUT2D eigenvalue weighted by Gasteiger charge is -2.29. The molecule has 104 valence electrons. The van der Waals surface area contributed by atoms with Gasteiger partial charge in [0.25, 0.3) is 0 Å². The lowest BCUT2D eigenvalue weighted by molar-refractivity contribution is -0.0346. The van der Waals surface area contributed by atoms with Crippen LogP contribution in [0.5, 0.6) is 0 Å². The predicted molar refractivity (Wildman–Crippen MR) is 76.6 cm³/mol. The molecule has 0 aliphatic carbocycles. The van der Waals surface area contributed by atoms with Crippen LogP contribution in [-0.4, -0.2) is 25.3 Å². The van der Waals surface area contributed by atoms with Gasteiger partial charge in [0.1, 0.15) is 0 Å². The summed E-state index contributed by atoms with van der Waals surface area (Å²) in [5.41, 5.74) is 0.0277. The Bertz CT molecular complexity index is 161. The zero-order valence-corrected chi connectivity index (χ0v) is 12.5. The smallest absolute Gasteiger partial charge is 0.0775 e. The molecule has 17 heavy (non-hydrogen) atoms. The van der Waals surface area contributed by atoms with Gasteiger partial charge in [-0.15, -0.1) is 0 Å². The SMILES string of the molecule is CCCCCCCOC(C)(CC)CNCCC. The molecule has 0 spiro atoms. The summed E-state index contributed by atoms with van der Waals surface area (Å²) in [6, 6.07) is 0. The molecular formula is C15H33NO. The predicted octanol–water partition coefficient (Wildman–Crippen LogP) is 4.14. The van der Waals surface area contributed by atoms with E-state index in [4.69, 9.17) is 4.74 Å². The zero-order chi connectivity index (χ0) is 13.0. The van der Waals surface area contributed by atoms with Crippen molar-refractivity contribution in [3.8, 4) is 0 Å². The van der Waals surface area contributed by atoms with Crippen molar-refractivity contribution in [3.63, 3.8) is 0 Å². The largest absolute Gasteiger partial charge is 0.374 e. The Morgan fingerprint density at radius 2 is 1.65 bits per heavy atom. The molecule has 0 aromatic heterocycles. The quantitative estimate of drug-likeness (QED) is 0.520. The minimum atomic E-state index is 0.0277. The number of nitrogens with one attached hydrogen (secondary N) is 1. The van der Waals surface area contributed by atoms with Crippen molar-refractivity contribution in [2.45, 2.75) is 78.2 Å². The van der Waals surface area contributed by atoms with Crippen LogP contribution in [0.1, 0.15) is 72.6 Å². The molecule has 2 nitrogen and oxygen atoms in total. The summed E-state index contributed by atoms with van der Waals surface area (Å²) in [5.74, 6) is 0. The first kappa shape index (κ1) is 16.9. The Hall–Kier alpha value is -0.0800. The fraction of sp³-hybridized carbons (Fsp3) is 1.00. The molecule has 1 N–H and O–H groups in total. The third kappa shape index (κ3) is 9.61. The van der Waals surface area contributed by atoms with Crippen molar-refractivity contribution in [2.24, 2.45) is 0 Å². The van der Waals surface area contributed by atoms with Crippen LogP contribution in [0.25, 0.3) is 0 Å². The molecule has 0 aliphatic rings. The molecule has 0 rings (SSSR count). The van der Waals surface area contributed by atoms with Gasteiger partial charge in [-0.05, 0) is 32.7 Å². The lowest BCUT2D eigenvalue weighted by Crippen LogP contribution is -2.40. The van der Waals surface area contributed by atoms with Crippen molar-refractivity contribution < 1.29 is 4.74 Å². The highest BCUT2D eigenvalue weighted by Crippen LogP contribution is 2.15. The summed E-state index contributed by atoms with van der Waals surface area (Å²) in [6.45, 7) is 11.9. The highest BCUT2D eigenvalue weighted by molar-refractivity contribution is 4.76. The number of hydrogen-bond acceptors (Lipinski definition) is 2. The second-order valence-electron chi connectivity index (χ2n) is 5.24. The molecule has 0 aromatic rings. The summed E-state index contributed by atoms with van der Waals surface area (Å²) in [4.78, 5) is 0. The zero-order valence-electron chi connectivity index (χ0n) is 12.5. The van der Waals surface area contributed by atoms with E-state index in [9.17, 15) is 0 Å². The van der Waals surface area contributed by atoms with Gasteiger partial charge in [0.05, 0.1) is 5.60 Å². The van der Waals surface area contributed by atoms with Crippen LogP contribution in [0.3, 0.4) is 0 Å². The van der Waals surface area contributed by atoms with E-state index in [0.29, 0.717) is 0 Å². The molecular weight excluding hydrogens is 210 g/mol. The Balaban J connectivity index is 3.57. The van der Waals surface area contributed by atoms with Gasteiger partial charge in [-0.2, -0.15) is 0 Å². The van der Waals surface area contributed by atoms with Crippen LogP contribution in [-0.2, 0) is 4.74 Å². The fourth-order valence-corrected chi connectivity index (χ4v) is 1.83. The van der Waals surface area contributed by atoms with Gasteiger partial charge in [0, 0.05) is 13.2 Å². The first-order valence-electron chi connectivity index (χ1n) is 7.53. The molecule has 2 heteroatoms. The molecule has 1 atom stereocenters. The van der Waals surface area contributed by atoms with E-state index < -0.39 is 0 Å². The van der Waals surface area contributed by atoms with Crippen LogP contribution in [0.4, 0.5) is 0 Å². The minimum absolute atomic E-state index is 0.0277. The van der Waals surface area contributed by atoms with Crippen molar-refractivity contribution in [1.82, 2.24) is 5.32 Å². The minimum Gasteiger partial charge on any atom is -0.374 e. The third-order valence-electron chi connectivity index (χ3n) is 3.37. The highest BCUT2D eigenvalue weighted by atomic mass is 16.5. The normalized spacial score (nSPS) is 14.8. The van der Waals surface area contributed by atoms with E-state index in [-0.39, 0.29) is 5.60 Å². The Kier molecular flexibility index (Phi) is 11.0. The van der Waals surface area contributed by atoms with Crippen LogP contribution in [0, 0.1) is 0 Å². The van der Waals surface area contributed by atoms with E-state index >= 15 is 0 Å². The van der Waals surface area contributed by atoms with Crippen molar-refractivity contribution in [1.29, 1.82) is 0 Å². The van der Waals surface area contributed by atoms with Crippen molar-refractivity contribution >= 4 is 0 Å². The van der Waals surface area contributed by atoms with E-state index in [1.807, 2.05) is 0 Å². The maximum atomic E-state index is 6.04. The van der Waals surface area contributed by atoms with E-state index in [1.165, 1.54) is 38.5 Å². The first-order valence-corrected chi connectivity index (χ1v) is 7.53. The van der Waals surface area contributed by atoms with Gasteiger partial charge in [-0.3, -0.25) is 0 Å². The van der Waals surface area contributed by atoms with Gasteiger partial charge >= 0.3 is 0 Å². The van der Waals surface area contributed by atoms with E-state index in [2.05, 4.69) is 33.0 Å². The third-order valence-corrected chi connectivity index (χ3v) is 3.37. The van der Waals surface area contributed by atoms with Crippen LogP contribution in [0.2, 0.25) is 0 Å². The van der Waals surface area contributed by atoms with Gasteiger partial charge in [0.2, 0.25) is 0 Å². The molecule has 0 heterocycles. The maximum absolute atomic E-state index is 6.04. The number of hydrogen-bond donors (Lipinski definition) is 1. The van der Waals surface area contributed by atoms with Crippen molar-refractivity contribution in [3.05, 3.63) is 0 Å². The summed E-state index contributed by atoms with van der Waals surface area (Å²) in [7, 11) is 0. The molecule has 1 unspecified atom stereocenters. The van der Waals surface area contributed by atoms with Gasteiger partial charge in [-0.1, -0.05) is 46.5 Å². The monoisotopic (exact) mass is 243 g/mol. The van der Waals surface area contributed by atoms with E-state index in [0.717, 1.165) is 26.1 Å². The number of ether oxygens (including phenoxy) is 1. The van der Waals surface area contributed by atoms with Crippen molar-refractivity contribution in [2.75, 3.05) is 19.7 Å². The van der Waals surface area contributed by atoms with Crippen LogP contribution in [0.15, 0.2) is 0 Å². The molecule has 0 fully saturated rings. The molecule has 0 amide bonds. The maximum Gasteiger partial charge on any atom is 0.0775 e. The summed E-state index contributed by atoms with van der Waals surface area (Å²) >= 11 is 0. The standard InChI is InChI=1S/C15H33NO/c1-5-8-9-10-11-13-17-15(4,7-3)14-16-12-6-2/h16H,5-14H2,1-4H3. The van der Waals surface area contributed by atoms with Gasteiger partial charge in [-0.25, -0.2) is 0 Å². The fourth-order valence-electron chi connectivity index (χ4n) is 1.83. The summed E-state index contributed by atoms with van der Waals surface area (Å²) < 4.78 is 6.04. The van der Waals surface area contributed by atoms with Gasteiger partial charge < -0.3 is 10.1 Å². The Morgan fingerprint density at radius 3 is 2.24 bits per heavy atom. The number of unbranched alkanes of at least 4 members (excludes halogenated alkanes) is 4. The molecule has 0 aromatic carbocycles. The highest BCUT2D eigenvalue weighted by Gasteiger charge is 2.21. The molecule has 0 radical (unpaired) electrons. The van der Waals surface area contributed by atoms with Gasteiger partial charge in [0.15, 0.2) is 0 Å². The average molecular weight is 243 g/mol. The molecule has 0 bridgehead atoms. The first-order chi connectivity index (χ1) is 8.18. The van der Waals surface area contributed by atoms with E-state index in [1.54, 1.807) is 0 Å². The molecule has 0 aliphatic heterocycles. The lowest BCUT2D eigenvalue weighted by atomic mass is 10.0. The second-order valence-corrected chi connectivity index (χ2v) is 5.24. The Morgan fingerprint density at radius 1 is 0.941 bits per heavy atom. The average Bonchev–Trinajstić information content (AvgIpc) is 2.34. The van der Waals surface area contributed by atoms with Crippen LogP contribution >= 0.6 is 0 Å². The topological polar surface area (TPSA) is 21.3 Å². The Labute approximate surface area is 109 Å².